The predicted octanol–water partition coefficient (Wildman–Crippen LogP) is 2.92. The van der Waals surface area contributed by atoms with Crippen molar-refractivity contribution in [3.63, 3.8) is 0 Å². The van der Waals surface area contributed by atoms with Crippen LogP contribution in [0.2, 0.25) is 0 Å². The summed E-state index contributed by atoms with van der Waals surface area (Å²) in [6.45, 7) is 0. The summed E-state index contributed by atoms with van der Waals surface area (Å²) in [5.74, 6) is 0. The maximum atomic E-state index is 4.58. The Morgan fingerprint density at radius 3 is 0.786 bits per heavy atom. The molecule has 0 N–H and O–H groups in total. The van der Waals surface area contributed by atoms with E-state index < -0.39 is 0 Å². The molecule has 14 heavy (non-hydrogen) atoms. The van der Waals surface area contributed by atoms with Crippen molar-refractivity contribution in [2.75, 3.05) is 0 Å². The summed E-state index contributed by atoms with van der Waals surface area (Å²) in [6, 6.07) is 0. The van der Waals surface area contributed by atoms with Crippen LogP contribution in [-0.4, -0.2) is 38.5 Å². The summed E-state index contributed by atoms with van der Waals surface area (Å²) in [7, 11) is 12.6. The molecule has 92 valence electrons. The molecular weight excluding hydrogens is 582 g/mol. The topological polar surface area (TPSA) is 0 Å². The second-order valence-corrected chi connectivity index (χ2v) is 0. The van der Waals surface area contributed by atoms with E-state index in [0.29, 0.717) is 0 Å². The minimum Gasteiger partial charge on any atom is 2.00 e. The zero-order valence-electron chi connectivity index (χ0n) is 6.58. The van der Waals surface area contributed by atoms with Crippen LogP contribution in [0.25, 0.3) is 0 Å². The predicted molar refractivity (Wildman–Crippen MR) is 97.1 cm³/mol. The zero-order valence-corrected chi connectivity index (χ0v) is 14.5. The molecule has 0 fully saturated rings. The summed E-state index contributed by atoms with van der Waals surface area (Å²) in [5, 5.41) is 0. The molecule has 0 amide bonds. The molecule has 0 bridgehead atoms. The molecule has 10 heteroatoms. The van der Waals surface area contributed by atoms with E-state index in [2.05, 4.69) is 69.4 Å². The normalized spacial score (nSPS) is 1.36. The van der Waals surface area contributed by atoms with Crippen LogP contribution in [0.3, 0.4) is 0 Å². The smallest absolute Gasteiger partial charge is 2.00 e. The van der Waals surface area contributed by atoms with Crippen LogP contribution >= 0.6 is 33.2 Å². The van der Waals surface area contributed by atoms with Gasteiger partial charge in [-0.3, -0.25) is 0 Å². The average molecular weight is 605 g/mol. The minimum atomic E-state index is 0. The van der Waals surface area contributed by atoms with Crippen LogP contribution in [0.15, 0.2) is 0 Å². The van der Waals surface area contributed by atoms with Crippen LogP contribution in [0.4, 0.5) is 0 Å². The van der Waals surface area contributed by atoms with Gasteiger partial charge in [0, 0.05) is 60.2 Å². The van der Waals surface area contributed by atoms with Crippen LogP contribution < -0.4 is 0 Å². The third kappa shape index (κ3) is 263. The third-order valence-corrected chi connectivity index (χ3v) is 0. The Balaban J connectivity index is -0.00000000114. The van der Waals surface area contributed by atoms with Gasteiger partial charge in [0.1, 0.15) is 0 Å². The maximum absolute atomic E-state index is 4.58. The summed E-state index contributed by atoms with van der Waals surface area (Å²) in [4.78, 5) is 0. The van der Waals surface area contributed by atoms with E-state index >= 15 is 0 Å². The largest absolute Gasteiger partial charge is 2.00 e. The molecule has 0 spiro atoms. The van der Waals surface area contributed by atoms with E-state index in [1.54, 1.807) is 20.0 Å². The molecule has 0 nitrogen and oxygen atoms in total. The molecule has 0 heterocycles. The van der Waals surface area contributed by atoms with Gasteiger partial charge in [-0.25, -0.2) is 0 Å². The van der Waals surface area contributed by atoms with Gasteiger partial charge in [-0.1, -0.05) is 29.7 Å². The zero-order chi connectivity index (χ0) is 8.00. The number of hydrogen-bond donors (Lipinski definition) is 0. The number of rotatable bonds is 0. The Labute approximate surface area is 166 Å². The SMILES string of the molecule is C.C.C.C.I.S=S.S=S.[3H-].[3H-].[B][B].[Cl][Au].[Mg+2]. The molecule has 0 saturated heterocycles. The molecule has 0 unspecified atom stereocenters. The van der Waals surface area contributed by atoms with Crippen LogP contribution in [0, 0.1) is 0 Å². The molecule has 0 atom stereocenters. The van der Waals surface area contributed by atoms with Crippen LogP contribution in [0.1, 0.15) is 32.6 Å². The van der Waals surface area contributed by atoms with Gasteiger partial charge in [0.15, 0.2) is 0 Å². The van der Waals surface area contributed by atoms with E-state index in [0.717, 1.165) is 0 Å². The molecule has 0 saturated carbocycles. The van der Waals surface area contributed by atoms with Crippen LogP contribution in [0.5, 0.6) is 0 Å². The quantitative estimate of drug-likeness (QED) is 0.308. The van der Waals surface area contributed by atoms with Crippen molar-refractivity contribution in [3.8, 4) is 0 Å². The van der Waals surface area contributed by atoms with Gasteiger partial charge in [-0.15, -0.1) is 24.0 Å². The van der Waals surface area contributed by atoms with Crippen molar-refractivity contribution in [1.82, 2.24) is 0 Å². The van der Waals surface area contributed by atoms with E-state index in [1.165, 1.54) is 0 Å². The Bertz CT molecular complexity index is 46.0. The van der Waals surface area contributed by atoms with Crippen molar-refractivity contribution in [3.05, 3.63) is 0 Å². The monoisotopic (exact) mass is 604 g/mol. The molecule has 0 rings (SSSR count). The first-order valence-electron chi connectivity index (χ1n) is 0.781. The standard InChI is InChI=1S/4CH4.Au.B2.ClH.HI.Mg.2S2.2H/c;;;;;1-2;;;;2*1-2;;/h4*1H4;;;2*1H;;;;;/q;;;;+1;;;;+2;;;2*-1/p-1/i;;;;;;;;;;;2*1+2. The summed E-state index contributed by atoms with van der Waals surface area (Å²) in [5.41, 5.74) is 0. The Hall–Kier alpha value is 3.54. The maximum Gasteiger partial charge on any atom is 2.00 e. The Morgan fingerprint density at radius 2 is 0.786 bits per heavy atom. The minimum absolute atomic E-state index is 0. The molecule has 0 aliphatic heterocycles. The van der Waals surface area contributed by atoms with Crippen molar-refractivity contribution >= 4 is 116 Å². The average Bonchev–Trinajstić information content (AvgIpc) is 2.03. The first kappa shape index (κ1) is 84.4. The van der Waals surface area contributed by atoms with E-state index in [4.69, 9.17) is 0 Å². The van der Waals surface area contributed by atoms with Gasteiger partial charge in [0.2, 0.25) is 0 Å². The fraction of sp³-hybridized carbons (Fsp3) is 1.00. The number of hydrogen-bond acceptors (Lipinski definition) is 4. The summed E-state index contributed by atoms with van der Waals surface area (Å²) < 4.78 is 0. The molecular formula is C4H19AuB2ClIMgS4. The van der Waals surface area contributed by atoms with Gasteiger partial charge in [0.25, 0.3) is 0 Å². The van der Waals surface area contributed by atoms with Gasteiger partial charge in [0.05, 0.1) is 0 Å². The molecule has 0 aliphatic carbocycles. The molecule has 4 radical (unpaired) electrons. The second-order valence-electron chi connectivity index (χ2n) is 0. The fourth-order valence-electron chi connectivity index (χ4n) is 0. The van der Waals surface area contributed by atoms with Crippen molar-refractivity contribution in [2.24, 2.45) is 0 Å². The van der Waals surface area contributed by atoms with E-state index in [1.807, 2.05) is 0 Å². The summed E-state index contributed by atoms with van der Waals surface area (Å²) in [6.07, 6.45) is 0. The third-order valence-electron chi connectivity index (χ3n) is 0. The Kier molecular flexibility index (Phi) is 1920. The van der Waals surface area contributed by atoms with Crippen molar-refractivity contribution in [1.29, 1.82) is 0 Å². The van der Waals surface area contributed by atoms with Gasteiger partial charge in [-0.2, -0.15) is 0 Å². The van der Waals surface area contributed by atoms with Gasteiger partial charge >= 0.3 is 52.2 Å². The Morgan fingerprint density at radius 1 is 0.786 bits per heavy atom. The van der Waals surface area contributed by atoms with Gasteiger partial charge < -0.3 is 2.85 Å². The molecule has 0 aromatic heterocycles. The summed E-state index contributed by atoms with van der Waals surface area (Å²) >= 11 is 16.4. The van der Waals surface area contributed by atoms with E-state index in [-0.39, 0.29) is 79.6 Å². The number of halogens is 2. The van der Waals surface area contributed by atoms with Gasteiger partial charge in [-0.05, 0) is 0 Å². The molecule has 0 aromatic rings. The second kappa shape index (κ2) is 319. The first-order valence-corrected chi connectivity index (χ1v) is 6.13. The molecule has 0 aliphatic rings. The van der Waals surface area contributed by atoms with Crippen LogP contribution in [-0.2, 0) is 64.7 Å². The first-order chi connectivity index (χ1) is 4.00. The molecule has 0 aromatic carbocycles. The van der Waals surface area contributed by atoms with Crippen molar-refractivity contribution < 1.29 is 22.8 Å². The fourth-order valence-corrected chi connectivity index (χ4v) is 0. The van der Waals surface area contributed by atoms with Crippen molar-refractivity contribution in [2.45, 2.75) is 29.7 Å². The van der Waals surface area contributed by atoms with E-state index in [9.17, 15) is 0 Å².